The lowest BCUT2D eigenvalue weighted by Gasteiger charge is -2.27. The molecule has 2 heterocycles. The Hall–Kier alpha value is -1.39. The van der Waals surface area contributed by atoms with E-state index >= 15 is 0 Å². The van der Waals surface area contributed by atoms with Crippen molar-refractivity contribution < 1.29 is 4.79 Å². The molecule has 1 aromatic heterocycles. The monoisotopic (exact) mass is 276 g/mol. The number of carbonyl (C=O) groups excluding carboxylic acids is 1. The molecule has 0 bridgehead atoms. The van der Waals surface area contributed by atoms with Crippen molar-refractivity contribution in [1.82, 2.24) is 19.7 Å². The molecule has 1 saturated heterocycles. The van der Waals surface area contributed by atoms with Gasteiger partial charge in [-0.1, -0.05) is 12.8 Å². The van der Waals surface area contributed by atoms with Crippen LogP contribution < -0.4 is 0 Å². The summed E-state index contributed by atoms with van der Waals surface area (Å²) in [6.07, 6.45) is 10.6. The Kier molecular flexibility index (Phi) is 4.03. The molecule has 20 heavy (non-hydrogen) atoms. The van der Waals surface area contributed by atoms with E-state index in [0.717, 1.165) is 50.9 Å². The summed E-state index contributed by atoms with van der Waals surface area (Å²) in [4.78, 5) is 14.7. The van der Waals surface area contributed by atoms with Crippen LogP contribution >= 0.6 is 0 Å². The molecule has 0 spiro atoms. The fourth-order valence-corrected chi connectivity index (χ4v) is 3.66. The summed E-state index contributed by atoms with van der Waals surface area (Å²) in [5.41, 5.74) is 0. The summed E-state index contributed by atoms with van der Waals surface area (Å²) in [5.74, 6) is 1.75. The van der Waals surface area contributed by atoms with Gasteiger partial charge in [-0.05, 0) is 32.1 Å². The van der Waals surface area contributed by atoms with Crippen LogP contribution in [0.1, 0.15) is 50.8 Å². The van der Waals surface area contributed by atoms with Gasteiger partial charge in [0.15, 0.2) is 0 Å². The summed E-state index contributed by atoms with van der Waals surface area (Å²) >= 11 is 0. The second-order valence-corrected chi connectivity index (χ2v) is 6.21. The predicted molar refractivity (Wildman–Crippen MR) is 76.0 cm³/mol. The highest BCUT2D eigenvalue weighted by atomic mass is 16.2. The number of hydrogen-bond donors (Lipinski definition) is 0. The first-order valence-corrected chi connectivity index (χ1v) is 7.89. The SMILES string of the molecule is Cn1cnnc1CCC1CCCN1C(=O)C1CCCC1. The molecule has 0 radical (unpaired) electrons. The van der Waals surface area contributed by atoms with Gasteiger partial charge < -0.3 is 9.47 Å². The third kappa shape index (κ3) is 2.72. The number of aryl methyl sites for hydroxylation is 2. The molecule has 0 N–H and O–H groups in total. The van der Waals surface area contributed by atoms with E-state index in [9.17, 15) is 4.79 Å². The zero-order valence-electron chi connectivity index (χ0n) is 12.3. The van der Waals surface area contributed by atoms with Crippen LogP contribution in [0, 0.1) is 5.92 Å². The molecule has 1 amide bonds. The van der Waals surface area contributed by atoms with Gasteiger partial charge in [-0.2, -0.15) is 0 Å². The van der Waals surface area contributed by atoms with Crippen molar-refractivity contribution >= 4 is 5.91 Å². The lowest BCUT2D eigenvalue weighted by molar-refractivity contribution is -0.136. The van der Waals surface area contributed by atoms with Crippen LogP contribution in [-0.4, -0.2) is 38.2 Å². The van der Waals surface area contributed by atoms with Crippen molar-refractivity contribution in [1.29, 1.82) is 0 Å². The van der Waals surface area contributed by atoms with Crippen LogP contribution in [0.5, 0.6) is 0 Å². The molecule has 110 valence electrons. The molecule has 1 unspecified atom stereocenters. The van der Waals surface area contributed by atoms with E-state index in [1.54, 1.807) is 6.33 Å². The largest absolute Gasteiger partial charge is 0.339 e. The second-order valence-electron chi connectivity index (χ2n) is 6.21. The summed E-state index contributed by atoms with van der Waals surface area (Å²) in [5, 5.41) is 8.05. The molecule has 0 aromatic carbocycles. The highest BCUT2D eigenvalue weighted by molar-refractivity contribution is 5.79. The summed E-state index contributed by atoms with van der Waals surface area (Å²) in [6.45, 7) is 0.957. The van der Waals surface area contributed by atoms with E-state index < -0.39 is 0 Å². The van der Waals surface area contributed by atoms with Crippen molar-refractivity contribution in [3.8, 4) is 0 Å². The Morgan fingerprint density at radius 3 is 2.80 bits per heavy atom. The minimum absolute atomic E-state index is 0.311. The van der Waals surface area contributed by atoms with E-state index in [0.29, 0.717) is 17.9 Å². The molecule has 1 aliphatic carbocycles. The standard InChI is InChI=1S/C15H24N4O/c1-18-11-16-17-14(18)9-8-13-7-4-10-19(13)15(20)12-5-2-3-6-12/h11-13H,2-10H2,1H3. The number of rotatable bonds is 4. The number of amides is 1. The Morgan fingerprint density at radius 2 is 2.10 bits per heavy atom. The molecule has 3 rings (SSSR count). The summed E-state index contributed by atoms with van der Waals surface area (Å²) in [7, 11) is 1.98. The van der Waals surface area contributed by atoms with E-state index in [4.69, 9.17) is 0 Å². The summed E-state index contributed by atoms with van der Waals surface area (Å²) < 4.78 is 1.97. The molecule has 2 aliphatic rings. The molecule has 5 heteroatoms. The number of likely N-dealkylation sites (tertiary alicyclic amines) is 1. The van der Waals surface area contributed by atoms with Gasteiger partial charge in [0.05, 0.1) is 0 Å². The van der Waals surface area contributed by atoms with E-state index in [1.807, 2.05) is 11.6 Å². The van der Waals surface area contributed by atoms with Crippen molar-refractivity contribution in [2.75, 3.05) is 6.54 Å². The van der Waals surface area contributed by atoms with Gasteiger partial charge in [-0.25, -0.2) is 0 Å². The maximum absolute atomic E-state index is 12.6. The highest BCUT2D eigenvalue weighted by Crippen LogP contribution is 2.30. The fourth-order valence-electron chi connectivity index (χ4n) is 3.66. The zero-order chi connectivity index (χ0) is 13.9. The normalized spacial score (nSPS) is 23.6. The van der Waals surface area contributed by atoms with Gasteiger partial charge >= 0.3 is 0 Å². The van der Waals surface area contributed by atoms with Crippen LogP contribution in [0.15, 0.2) is 6.33 Å². The quantitative estimate of drug-likeness (QED) is 0.844. The van der Waals surface area contributed by atoms with Crippen molar-refractivity contribution in [2.24, 2.45) is 13.0 Å². The fraction of sp³-hybridized carbons (Fsp3) is 0.800. The lowest BCUT2D eigenvalue weighted by Crippen LogP contribution is -2.39. The average Bonchev–Trinajstić information content (AvgIpc) is 3.18. The van der Waals surface area contributed by atoms with E-state index in [1.165, 1.54) is 12.8 Å². The first-order valence-electron chi connectivity index (χ1n) is 7.89. The maximum atomic E-state index is 12.6. The first-order chi connectivity index (χ1) is 9.75. The highest BCUT2D eigenvalue weighted by Gasteiger charge is 2.34. The molecule has 1 atom stereocenters. The van der Waals surface area contributed by atoms with Gasteiger partial charge in [0.25, 0.3) is 0 Å². The number of nitrogens with zero attached hydrogens (tertiary/aromatic N) is 4. The Bertz CT molecular complexity index is 464. The van der Waals surface area contributed by atoms with Crippen LogP contribution in [-0.2, 0) is 18.3 Å². The van der Waals surface area contributed by atoms with Crippen molar-refractivity contribution in [2.45, 2.75) is 57.4 Å². The van der Waals surface area contributed by atoms with Crippen molar-refractivity contribution in [3.05, 3.63) is 12.2 Å². The van der Waals surface area contributed by atoms with Crippen LogP contribution in [0.2, 0.25) is 0 Å². The Morgan fingerprint density at radius 1 is 1.30 bits per heavy atom. The third-order valence-electron chi connectivity index (χ3n) is 4.87. The topological polar surface area (TPSA) is 51.0 Å². The minimum atomic E-state index is 0.311. The maximum Gasteiger partial charge on any atom is 0.225 e. The van der Waals surface area contributed by atoms with E-state index in [-0.39, 0.29) is 0 Å². The minimum Gasteiger partial charge on any atom is -0.339 e. The molecule has 1 aliphatic heterocycles. The van der Waals surface area contributed by atoms with Crippen LogP contribution in [0.3, 0.4) is 0 Å². The van der Waals surface area contributed by atoms with Crippen LogP contribution in [0.25, 0.3) is 0 Å². The molecule has 1 saturated carbocycles. The van der Waals surface area contributed by atoms with Gasteiger partial charge in [-0.15, -0.1) is 10.2 Å². The van der Waals surface area contributed by atoms with E-state index in [2.05, 4.69) is 15.1 Å². The number of aromatic nitrogens is 3. The molecule has 2 fully saturated rings. The second kappa shape index (κ2) is 5.94. The van der Waals surface area contributed by atoms with Crippen LogP contribution in [0.4, 0.5) is 0 Å². The lowest BCUT2D eigenvalue weighted by atomic mass is 10.0. The predicted octanol–water partition coefficient (Wildman–Crippen LogP) is 1.93. The molecule has 5 nitrogen and oxygen atoms in total. The van der Waals surface area contributed by atoms with Crippen molar-refractivity contribution in [3.63, 3.8) is 0 Å². The van der Waals surface area contributed by atoms with Gasteiger partial charge in [0.2, 0.25) is 5.91 Å². The smallest absolute Gasteiger partial charge is 0.225 e. The molecular weight excluding hydrogens is 252 g/mol. The van der Waals surface area contributed by atoms with Gasteiger partial charge in [0.1, 0.15) is 12.2 Å². The Labute approximate surface area is 120 Å². The van der Waals surface area contributed by atoms with Gasteiger partial charge in [0, 0.05) is 32.0 Å². The zero-order valence-corrected chi connectivity index (χ0v) is 12.3. The Balaban J connectivity index is 1.58. The molecular formula is C15H24N4O. The third-order valence-corrected chi connectivity index (χ3v) is 4.87. The number of hydrogen-bond acceptors (Lipinski definition) is 3. The summed E-state index contributed by atoms with van der Waals surface area (Å²) in [6, 6.07) is 0.416. The average molecular weight is 276 g/mol. The number of carbonyl (C=O) groups is 1. The molecule has 1 aromatic rings. The van der Waals surface area contributed by atoms with Gasteiger partial charge in [-0.3, -0.25) is 4.79 Å². The first kappa shape index (κ1) is 13.6.